The third kappa shape index (κ3) is 2.54. The van der Waals surface area contributed by atoms with Crippen molar-refractivity contribution in [2.45, 2.75) is 0 Å². The number of primary sulfonamides is 1. The second-order valence-electron chi connectivity index (χ2n) is 1.11. The van der Waals surface area contributed by atoms with Crippen LogP contribution in [0.15, 0.2) is 0 Å². The third-order valence-electron chi connectivity index (χ3n) is 0.419. The number of sulfonamides is 1. The van der Waals surface area contributed by atoms with E-state index in [0.717, 1.165) is 0 Å². The monoisotopic (exact) mass is 171 g/mol. The molecule has 0 heterocycles. The van der Waals surface area contributed by atoms with Crippen LogP contribution in [-0.4, -0.2) is 18.8 Å². The van der Waals surface area contributed by atoms with Crippen LogP contribution in [0.4, 0.5) is 0 Å². The van der Waals surface area contributed by atoms with Crippen LogP contribution in [0.25, 0.3) is 0 Å². The van der Waals surface area contributed by atoms with Crippen molar-refractivity contribution in [1.82, 2.24) is 0 Å². The van der Waals surface area contributed by atoms with Gasteiger partial charge in [0, 0.05) is 0 Å². The van der Waals surface area contributed by atoms with Crippen molar-refractivity contribution in [2.75, 3.05) is 0 Å². The van der Waals surface area contributed by atoms with E-state index >= 15 is 0 Å². The van der Waals surface area contributed by atoms with Crippen LogP contribution in [0.5, 0.6) is 0 Å². The lowest BCUT2D eigenvalue weighted by molar-refractivity contribution is -0.127. The van der Waals surface area contributed by atoms with Crippen LogP contribution >= 0.6 is 11.6 Å². The van der Waals surface area contributed by atoms with Crippen molar-refractivity contribution in [2.24, 2.45) is 5.14 Å². The summed E-state index contributed by atoms with van der Waals surface area (Å²) in [6.07, 6.45) is 0. The number of hydrogen-bond donors (Lipinski definition) is 1. The lowest BCUT2D eigenvalue weighted by Crippen LogP contribution is -2.27. The third-order valence-corrected chi connectivity index (χ3v) is 1.40. The Kier molecular flexibility index (Phi) is 2.30. The van der Waals surface area contributed by atoms with E-state index in [4.69, 9.17) is 0 Å². The SMILES string of the molecule is NS(=O)(=O)C(=O)C(=O)Cl. The number of halogens is 1. The van der Waals surface area contributed by atoms with E-state index in [1.54, 1.807) is 0 Å². The normalized spacial score (nSPS) is 10.9. The zero-order valence-corrected chi connectivity index (χ0v) is 5.57. The average molecular weight is 172 g/mol. The largest absolute Gasteiger partial charge is 0.343 e. The van der Waals surface area contributed by atoms with Gasteiger partial charge in [0.15, 0.2) is 0 Å². The van der Waals surface area contributed by atoms with E-state index in [0.29, 0.717) is 0 Å². The van der Waals surface area contributed by atoms with Crippen LogP contribution in [0, 0.1) is 0 Å². The van der Waals surface area contributed by atoms with Gasteiger partial charge in [-0.1, -0.05) is 0 Å². The average Bonchev–Trinajstić information content (AvgIpc) is 1.62. The van der Waals surface area contributed by atoms with E-state index < -0.39 is 20.4 Å². The molecule has 0 aliphatic carbocycles. The molecule has 0 aromatic carbocycles. The number of rotatable bonds is 1. The summed E-state index contributed by atoms with van der Waals surface area (Å²) in [5.74, 6) is 0. The molecule has 0 amide bonds. The molecule has 0 radical (unpaired) electrons. The van der Waals surface area contributed by atoms with Crippen LogP contribution in [-0.2, 0) is 19.6 Å². The molecule has 52 valence electrons. The fourth-order valence-electron chi connectivity index (χ4n) is 0.112. The van der Waals surface area contributed by atoms with Gasteiger partial charge in [-0.05, 0) is 11.6 Å². The smallest absolute Gasteiger partial charge is 0.271 e. The molecule has 0 fully saturated rings. The number of hydrogen-bond acceptors (Lipinski definition) is 4. The molecule has 0 spiro atoms. The first-order chi connectivity index (χ1) is 3.85. The van der Waals surface area contributed by atoms with Gasteiger partial charge >= 0.3 is 10.4 Å². The van der Waals surface area contributed by atoms with Crippen LogP contribution in [0.1, 0.15) is 0 Å². The molecule has 2 N–H and O–H groups in total. The van der Waals surface area contributed by atoms with E-state index in [-0.39, 0.29) is 0 Å². The Labute approximate surface area is 55.8 Å². The molecule has 0 saturated carbocycles. The second-order valence-corrected chi connectivity index (χ2v) is 2.91. The van der Waals surface area contributed by atoms with Gasteiger partial charge in [0.25, 0.3) is 10.0 Å². The summed E-state index contributed by atoms with van der Waals surface area (Å²) in [6, 6.07) is 0. The van der Waals surface area contributed by atoms with Crippen molar-refractivity contribution in [3.05, 3.63) is 0 Å². The highest BCUT2D eigenvalue weighted by atomic mass is 35.5. The standard InChI is InChI=1S/C2H2ClNO4S/c3-1(5)2(6)9(4,7)8/h(H2,4,7,8). The molecule has 5 nitrogen and oxygen atoms in total. The molecule has 0 bridgehead atoms. The fourth-order valence-corrected chi connectivity index (χ4v) is 0.658. The quantitative estimate of drug-likeness (QED) is 0.387. The first-order valence-corrected chi connectivity index (χ1v) is 3.54. The van der Waals surface area contributed by atoms with Gasteiger partial charge in [0.1, 0.15) is 0 Å². The lowest BCUT2D eigenvalue weighted by Gasteiger charge is -1.85. The zero-order valence-electron chi connectivity index (χ0n) is 4.00. The summed E-state index contributed by atoms with van der Waals surface area (Å²) in [7, 11) is -4.42. The Bertz CT molecular complexity index is 241. The Hall–Kier alpha value is -0.460. The highest BCUT2D eigenvalue weighted by Gasteiger charge is 2.23. The first-order valence-electron chi connectivity index (χ1n) is 1.62. The van der Waals surface area contributed by atoms with Crippen molar-refractivity contribution >= 4 is 32.0 Å². The molecule has 0 aromatic rings. The minimum absolute atomic E-state index is 1.60. The summed E-state index contributed by atoms with van der Waals surface area (Å²) in [6.45, 7) is 0. The molecule has 0 aliphatic rings. The van der Waals surface area contributed by atoms with Gasteiger partial charge < -0.3 is 0 Å². The Morgan fingerprint density at radius 3 is 1.67 bits per heavy atom. The van der Waals surface area contributed by atoms with Gasteiger partial charge in [0.05, 0.1) is 0 Å². The van der Waals surface area contributed by atoms with Crippen molar-refractivity contribution in [3.8, 4) is 0 Å². The first kappa shape index (κ1) is 8.54. The molecule has 0 saturated heterocycles. The Balaban J connectivity index is 4.66. The predicted octanol–water partition coefficient (Wildman–Crippen LogP) is -1.43. The maximum atomic E-state index is 9.97. The van der Waals surface area contributed by atoms with E-state index in [1.165, 1.54) is 0 Å². The molecule has 0 atom stereocenters. The minimum Gasteiger partial charge on any atom is -0.271 e. The van der Waals surface area contributed by atoms with Gasteiger partial charge in [0.2, 0.25) is 0 Å². The topological polar surface area (TPSA) is 94.3 Å². The lowest BCUT2D eigenvalue weighted by atomic mass is 10.9. The molecule has 0 aliphatic heterocycles. The molecule has 7 heteroatoms. The highest BCUT2D eigenvalue weighted by molar-refractivity contribution is 8.06. The van der Waals surface area contributed by atoms with Crippen molar-refractivity contribution in [1.29, 1.82) is 0 Å². The molecular formula is C2H2ClNO4S. The Morgan fingerprint density at radius 1 is 1.33 bits per heavy atom. The Morgan fingerprint density at radius 2 is 1.67 bits per heavy atom. The van der Waals surface area contributed by atoms with Gasteiger partial charge in [-0.15, -0.1) is 0 Å². The van der Waals surface area contributed by atoms with Crippen molar-refractivity contribution in [3.63, 3.8) is 0 Å². The molecule has 9 heavy (non-hydrogen) atoms. The minimum atomic E-state index is -4.42. The van der Waals surface area contributed by atoms with Crippen LogP contribution in [0.2, 0.25) is 0 Å². The van der Waals surface area contributed by atoms with Gasteiger partial charge in [-0.3, -0.25) is 9.59 Å². The zero-order chi connectivity index (χ0) is 7.65. The maximum absolute atomic E-state index is 9.97. The van der Waals surface area contributed by atoms with Crippen LogP contribution < -0.4 is 5.14 Å². The molecular weight excluding hydrogens is 170 g/mol. The highest BCUT2D eigenvalue weighted by Crippen LogP contribution is 1.87. The number of carbonyl (C=O) groups is 2. The van der Waals surface area contributed by atoms with Crippen LogP contribution in [0.3, 0.4) is 0 Å². The molecule has 0 unspecified atom stereocenters. The maximum Gasteiger partial charge on any atom is 0.343 e. The number of nitrogens with two attached hydrogens (primary N) is 1. The van der Waals surface area contributed by atoms with Crippen molar-refractivity contribution < 1.29 is 18.0 Å². The molecule has 0 rings (SSSR count). The fraction of sp³-hybridized carbons (Fsp3) is 0. The summed E-state index contributed by atoms with van der Waals surface area (Å²) >= 11 is 4.47. The van der Waals surface area contributed by atoms with E-state index in [9.17, 15) is 18.0 Å². The van der Waals surface area contributed by atoms with Gasteiger partial charge in [-0.2, -0.15) is 0 Å². The van der Waals surface area contributed by atoms with E-state index in [1.807, 2.05) is 0 Å². The van der Waals surface area contributed by atoms with Gasteiger partial charge in [-0.25, -0.2) is 13.6 Å². The molecule has 0 aromatic heterocycles. The summed E-state index contributed by atoms with van der Waals surface area (Å²) in [4.78, 5) is 19.7. The second kappa shape index (κ2) is 2.42. The summed E-state index contributed by atoms with van der Waals surface area (Å²) < 4.78 is 19.8. The summed E-state index contributed by atoms with van der Waals surface area (Å²) in [5, 5.41) is 0.810. The number of carbonyl (C=O) groups excluding carboxylic acids is 2. The predicted molar refractivity (Wildman–Crippen MR) is 29.0 cm³/mol. The summed E-state index contributed by atoms with van der Waals surface area (Å²) in [5.41, 5.74) is 0. The van der Waals surface area contributed by atoms with E-state index in [2.05, 4.69) is 16.7 Å².